The lowest BCUT2D eigenvalue weighted by atomic mass is 10.1. The van der Waals surface area contributed by atoms with Crippen molar-refractivity contribution >= 4 is 5.69 Å². The lowest BCUT2D eigenvalue weighted by Crippen LogP contribution is -2.06. The SMILES string of the molecule is Cn1cc(CNc2ccccc2Cn2cccn2)nn1. The van der Waals surface area contributed by atoms with Crippen molar-refractivity contribution < 1.29 is 0 Å². The monoisotopic (exact) mass is 268 g/mol. The van der Waals surface area contributed by atoms with Crippen LogP contribution in [0.3, 0.4) is 0 Å². The predicted octanol–water partition coefficient (Wildman–Crippen LogP) is 1.67. The lowest BCUT2D eigenvalue weighted by Gasteiger charge is -2.11. The zero-order valence-corrected chi connectivity index (χ0v) is 11.3. The first-order chi connectivity index (χ1) is 9.81. The van der Waals surface area contributed by atoms with Crippen molar-refractivity contribution in [2.45, 2.75) is 13.1 Å². The molecule has 1 aromatic carbocycles. The summed E-state index contributed by atoms with van der Waals surface area (Å²) in [5, 5.41) is 15.6. The molecule has 3 aromatic rings. The van der Waals surface area contributed by atoms with E-state index < -0.39 is 0 Å². The van der Waals surface area contributed by atoms with E-state index in [9.17, 15) is 0 Å². The van der Waals surface area contributed by atoms with Gasteiger partial charge in [0.1, 0.15) is 5.69 Å². The van der Waals surface area contributed by atoms with Gasteiger partial charge in [0.2, 0.25) is 0 Å². The highest BCUT2D eigenvalue weighted by atomic mass is 15.4. The maximum Gasteiger partial charge on any atom is 0.102 e. The number of aromatic nitrogens is 5. The normalized spacial score (nSPS) is 10.7. The molecule has 0 aliphatic carbocycles. The number of benzene rings is 1. The van der Waals surface area contributed by atoms with E-state index >= 15 is 0 Å². The van der Waals surface area contributed by atoms with Gasteiger partial charge in [0.25, 0.3) is 0 Å². The van der Waals surface area contributed by atoms with Crippen LogP contribution in [0.15, 0.2) is 48.9 Å². The van der Waals surface area contributed by atoms with Crippen LogP contribution in [0.25, 0.3) is 0 Å². The van der Waals surface area contributed by atoms with Crippen molar-refractivity contribution in [2.75, 3.05) is 5.32 Å². The van der Waals surface area contributed by atoms with Gasteiger partial charge in [-0.05, 0) is 17.7 Å². The summed E-state index contributed by atoms with van der Waals surface area (Å²) in [6.45, 7) is 1.40. The molecule has 6 nitrogen and oxygen atoms in total. The first-order valence-electron chi connectivity index (χ1n) is 6.45. The molecule has 0 aliphatic heterocycles. The Morgan fingerprint density at radius 1 is 1.20 bits per heavy atom. The molecule has 2 heterocycles. The number of aryl methyl sites for hydroxylation is 1. The molecule has 102 valence electrons. The summed E-state index contributed by atoms with van der Waals surface area (Å²) in [6, 6.07) is 10.1. The molecule has 20 heavy (non-hydrogen) atoms. The number of hydrogen-bond acceptors (Lipinski definition) is 4. The number of rotatable bonds is 5. The number of nitrogens with one attached hydrogen (secondary N) is 1. The Balaban J connectivity index is 1.72. The molecule has 0 amide bonds. The molecule has 3 rings (SSSR count). The van der Waals surface area contributed by atoms with Crippen molar-refractivity contribution in [3.63, 3.8) is 0 Å². The van der Waals surface area contributed by atoms with Crippen LogP contribution in [0, 0.1) is 0 Å². The first-order valence-corrected chi connectivity index (χ1v) is 6.45. The fraction of sp³-hybridized carbons (Fsp3) is 0.214. The van der Waals surface area contributed by atoms with Gasteiger partial charge in [-0.2, -0.15) is 5.10 Å². The second-order valence-corrected chi connectivity index (χ2v) is 4.60. The minimum Gasteiger partial charge on any atom is -0.379 e. The highest BCUT2D eigenvalue weighted by Crippen LogP contribution is 2.16. The Bertz CT molecular complexity index is 671. The summed E-state index contributed by atoms with van der Waals surface area (Å²) in [6.07, 6.45) is 5.65. The third-order valence-corrected chi connectivity index (χ3v) is 3.02. The minimum absolute atomic E-state index is 0.657. The van der Waals surface area contributed by atoms with Gasteiger partial charge in [0.15, 0.2) is 0 Å². The van der Waals surface area contributed by atoms with Crippen LogP contribution in [0.4, 0.5) is 5.69 Å². The lowest BCUT2D eigenvalue weighted by molar-refractivity contribution is 0.687. The van der Waals surface area contributed by atoms with Crippen LogP contribution in [-0.2, 0) is 20.1 Å². The molecular formula is C14H16N6. The van der Waals surface area contributed by atoms with Crippen LogP contribution >= 0.6 is 0 Å². The number of hydrogen-bond donors (Lipinski definition) is 1. The van der Waals surface area contributed by atoms with Crippen LogP contribution < -0.4 is 5.32 Å². The van der Waals surface area contributed by atoms with Crippen molar-refractivity contribution in [2.24, 2.45) is 7.05 Å². The zero-order chi connectivity index (χ0) is 13.8. The third-order valence-electron chi connectivity index (χ3n) is 3.02. The van der Waals surface area contributed by atoms with Gasteiger partial charge in [-0.25, -0.2) is 0 Å². The summed E-state index contributed by atoms with van der Waals surface area (Å²) in [5.41, 5.74) is 3.20. The summed E-state index contributed by atoms with van der Waals surface area (Å²) >= 11 is 0. The summed E-state index contributed by atoms with van der Waals surface area (Å²) in [5.74, 6) is 0. The van der Waals surface area contributed by atoms with Gasteiger partial charge in [-0.1, -0.05) is 23.4 Å². The molecule has 0 unspecified atom stereocenters. The molecular weight excluding hydrogens is 252 g/mol. The van der Waals surface area contributed by atoms with E-state index in [2.05, 4.69) is 32.9 Å². The van der Waals surface area contributed by atoms with Crippen molar-refractivity contribution in [3.05, 3.63) is 60.2 Å². The van der Waals surface area contributed by atoms with E-state index in [0.29, 0.717) is 6.54 Å². The molecule has 2 aromatic heterocycles. The van der Waals surface area contributed by atoms with Crippen molar-refractivity contribution in [3.8, 4) is 0 Å². The highest BCUT2D eigenvalue weighted by Gasteiger charge is 2.04. The molecule has 0 spiro atoms. The van der Waals surface area contributed by atoms with Gasteiger partial charge in [0, 0.05) is 31.3 Å². The molecule has 6 heteroatoms. The second kappa shape index (κ2) is 5.56. The van der Waals surface area contributed by atoms with Gasteiger partial charge >= 0.3 is 0 Å². The van der Waals surface area contributed by atoms with Crippen molar-refractivity contribution in [1.82, 2.24) is 24.8 Å². The minimum atomic E-state index is 0.657. The standard InChI is InChI=1S/C14H16N6/c1-19-11-13(17-18-19)9-15-14-6-3-2-5-12(14)10-20-8-4-7-16-20/h2-8,11,15H,9-10H2,1H3. The fourth-order valence-corrected chi connectivity index (χ4v) is 2.06. The Labute approximate surface area is 117 Å². The Morgan fingerprint density at radius 3 is 2.85 bits per heavy atom. The number of para-hydroxylation sites is 1. The van der Waals surface area contributed by atoms with Crippen LogP contribution in [0.5, 0.6) is 0 Å². The maximum absolute atomic E-state index is 4.24. The average Bonchev–Trinajstić information content (AvgIpc) is 3.10. The Hall–Kier alpha value is -2.63. The number of nitrogens with zero attached hydrogens (tertiary/aromatic N) is 5. The number of anilines is 1. The van der Waals surface area contributed by atoms with Crippen molar-refractivity contribution in [1.29, 1.82) is 0 Å². The highest BCUT2D eigenvalue weighted by molar-refractivity contribution is 5.51. The quantitative estimate of drug-likeness (QED) is 0.764. The fourth-order valence-electron chi connectivity index (χ4n) is 2.06. The van der Waals surface area contributed by atoms with E-state index in [4.69, 9.17) is 0 Å². The largest absolute Gasteiger partial charge is 0.379 e. The molecule has 0 fully saturated rings. The maximum atomic E-state index is 4.24. The molecule has 0 saturated carbocycles. The average molecular weight is 268 g/mol. The Morgan fingerprint density at radius 2 is 2.10 bits per heavy atom. The smallest absolute Gasteiger partial charge is 0.102 e. The third kappa shape index (κ3) is 2.85. The van der Waals surface area contributed by atoms with E-state index in [1.807, 2.05) is 42.3 Å². The van der Waals surface area contributed by atoms with Gasteiger partial charge in [-0.15, -0.1) is 5.10 Å². The topological polar surface area (TPSA) is 60.6 Å². The summed E-state index contributed by atoms with van der Waals surface area (Å²) in [7, 11) is 1.86. The predicted molar refractivity (Wildman–Crippen MR) is 76.1 cm³/mol. The molecule has 0 radical (unpaired) electrons. The van der Waals surface area contributed by atoms with Crippen LogP contribution in [-0.4, -0.2) is 24.8 Å². The molecule has 0 atom stereocenters. The van der Waals surface area contributed by atoms with Gasteiger partial charge in [-0.3, -0.25) is 9.36 Å². The second-order valence-electron chi connectivity index (χ2n) is 4.60. The summed E-state index contributed by atoms with van der Waals surface area (Å²) in [4.78, 5) is 0. The van der Waals surface area contributed by atoms with E-state index in [1.54, 1.807) is 10.9 Å². The molecule has 1 N–H and O–H groups in total. The molecule has 0 aliphatic rings. The summed E-state index contributed by atoms with van der Waals surface area (Å²) < 4.78 is 3.61. The van der Waals surface area contributed by atoms with Gasteiger partial charge < -0.3 is 5.32 Å². The van der Waals surface area contributed by atoms with Gasteiger partial charge in [0.05, 0.1) is 13.1 Å². The Kier molecular flexibility index (Phi) is 3.45. The van der Waals surface area contributed by atoms with E-state index in [1.165, 1.54) is 5.56 Å². The van der Waals surface area contributed by atoms with Crippen LogP contribution in [0.2, 0.25) is 0 Å². The van der Waals surface area contributed by atoms with Crippen LogP contribution in [0.1, 0.15) is 11.3 Å². The molecule has 0 saturated heterocycles. The molecule has 0 bridgehead atoms. The first kappa shape index (κ1) is 12.4. The zero-order valence-electron chi connectivity index (χ0n) is 11.3. The van der Waals surface area contributed by atoms with E-state index in [0.717, 1.165) is 17.9 Å². The van der Waals surface area contributed by atoms with E-state index in [-0.39, 0.29) is 0 Å².